The molecule has 5 nitrogen and oxygen atoms in total. The fourth-order valence-corrected chi connectivity index (χ4v) is 4.08. The van der Waals surface area contributed by atoms with Gasteiger partial charge in [0.2, 0.25) is 0 Å². The first-order chi connectivity index (χ1) is 16.6. The van der Waals surface area contributed by atoms with Crippen LogP contribution in [0.1, 0.15) is 155 Å². The molecule has 0 rings (SSSR count). The number of carbonyl (C=O) groups excluding carboxylic acids is 2. The SMILES string of the molecule is CCCCCCCCCCCCCCCCCC(=O)OC[C@H](O)COC(=O)CCCCCCC. The topological polar surface area (TPSA) is 72.8 Å². The second kappa shape index (κ2) is 26.5. The van der Waals surface area contributed by atoms with E-state index in [4.69, 9.17) is 9.47 Å². The normalized spacial score (nSPS) is 12.0. The van der Waals surface area contributed by atoms with Crippen LogP contribution in [0.2, 0.25) is 0 Å². The lowest BCUT2D eigenvalue weighted by Gasteiger charge is -2.12. The minimum atomic E-state index is -0.950. The number of unbranched alkanes of at least 4 members (excludes halogenated alkanes) is 18. The molecule has 0 bridgehead atoms. The van der Waals surface area contributed by atoms with E-state index in [1.54, 1.807) is 0 Å². The molecule has 0 aromatic carbocycles. The Morgan fingerprint density at radius 2 is 0.765 bits per heavy atom. The monoisotopic (exact) mass is 484 g/mol. The maximum Gasteiger partial charge on any atom is 0.305 e. The van der Waals surface area contributed by atoms with Gasteiger partial charge in [-0.15, -0.1) is 0 Å². The van der Waals surface area contributed by atoms with Gasteiger partial charge in [-0.2, -0.15) is 0 Å². The van der Waals surface area contributed by atoms with E-state index in [1.165, 1.54) is 96.3 Å². The van der Waals surface area contributed by atoms with Gasteiger partial charge < -0.3 is 14.6 Å². The van der Waals surface area contributed by atoms with Gasteiger partial charge >= 0.3 is 11.9 Å². The van der Waals surface area contributed by atoms with E-state index in [0.717, 1.165) is 32.1 Å². The molecule has 0 unspecified atom stereocenters. The molecule has 5 heteroatoms. The molecule has 0 aromatic rings. The maximum atomic E-state index is 11.8. The molecule has 1 atom stereocenters. The number of rotatable bonds is 26. The van der Waals surface area contributed by atoms with Crippen LogP contribution in [0, 0.1) is 0 Å². The van der Waals surface area contributed by atoms with Crippen LogP contribution in [-0.2, 0) is 19.1 Å². The average molecular weight is 485 g/mol. The Balaban J connectivity index is 3.37. The minimum Gasteiger partial charge on any atom is -0.463 e. The first kappa shape index (κ1) is 32.9. The van der Waals surface area contributed by atoms with Gasteiger partial charge in [-0.25, -0.2) is 0 Å². The molecule has 1 N–H and O–H groups in total. The molecule has 0 fully saturated rings. The van der Waals surface area contributed by atoms with Crippen molar-refractivity contribution in [3.05, 3.63) is 0 Å². The summed E-state index contributed by atoms with van der Waals surface area (Å²) >= 11 is 0. The molecular formula is C29H56O5. The summed E-state index contributed by atoms with van der Waals surface area (Å²) in [5, 5.41) is 9.84. The molecule has 0 aromatic heterocycles. The molecule has 0 saturated carbocycles. The molecule has 0 aliphatic heterocycles. The Bertz CT molecular complexity index is 452. The molecule has 202 valence electrons. The molecule has 0 aliphatic carbocycles. The van der Waals surface area contributed by atoms with E-state index in [9.17, 15) is 14.7 Å². The fraction of sp³-hybridized carbons (Fsp3) is 0.931. The van der Waals surface area contributed by atoms with Gasteiger partial charge in [-0.1, -0.05) is 129 Å². The maximum absolute atomic E-state index is 11.8. The van der Waals surface area contributed by atoms with Crippen LogP contribution in [0.3, 0.4) is 0 Å². The summed E-state index contributed by atoms with van der Waals surface area (Å²) in [5.41, 5.74) is 0. The van der Waals surface area contributed by atoms with Gasteiger partial charge in [0.05, 0.1) is 0 Å². The summed E-state index contributed by atoms with van der Waals surface area (Å²) < 4.78 is 10.2. The number of ether oxygens (including phenoxy) is 2. The molecular weight excluding hydrogens is 428 g/mol. The smallest absolute Gasteiger partial charge is 0.305 e. The summed E-state index contributed by atoms with van der Waals surface area (Å²) in [4.78, 5) is 23.5. The molecule has 0 saturated heterocycles. The Labute approximate surface area is 210 Å². The van der Waals surface area contributed by atoms with Crippen molar-refractivity contribution in [2.24, 2.45) is 0 Å². The van der Waals surface area contributed by atoms with Crippen molar-refractivity contribution < 1.29 is 24.2 Å². The molecule has 0 radical (unpaired) electrons. The lowest BCUT2D eigenvalue weighted by atomic mass is 10.0. The van der Waals surface area contributed by atoms with Gasteiger partial charge in [-0.3, -0.25) is 9.59 Å². The zero-order chi connectivity index (χ0) is 25.1. The van der Waals surface area contributed by atoms with Gasteiger partial charge in [0.25, 0.3) is 0 Å². The molecule has 0 spiro atoms. The third-order valence-corrected chi connectivity index (χ3v) is 6.34. The summed E-state index contributed by atoms with van der Waals surface area (Å²) in [6.07, 6.45) is 24.6. The number of hydrogen-bond donors (Lipinski definition) is 1. The van der Waals surface area contributed by atoms with Crippen molar-refractivity contribution in [1.29, 1.82) is 0 Å². The second-order valence-corrected chi connectivity index (χ2v) is 9.88. The van der Waals surface area contributed by atoms with E-state index >= 15 is 0 Å². The Morgan fingerprint density at radius 3 is 1.06 bits per heavy atom. The van der Waals surface area contributed by atoms with Crippen LogP contribution in [0.5, 0.6) is 0 Å². The standard InChI is InChI=1S/C29H56O5/c1-3-5-7-9-10-11-12-13-14-15-16-17-18-20-22-24-29(32)34-26-27(30)25-33-28(31)23-21-19-8-6-4-2/h27,30H,3-26H2,1-2H3/t27-/m1/s1. The molecule has 0 amide bonds. The molecule has 0 aliphatic rings. The van der Waals surface area contributed by atoms with E-state index in [-0.39, 0.29) is 25.2 Å². The van der Waals surface area contributed by atoms with E-state index in [1.807, 2.05) is 0 Å². The Hall–Kier alpha value is -1.10. The Morgan fingerprint density at radius 1 is 0.500 bits per heavy atom. The first-order valence-electron chi connectivity index (χ1n) is 14.6. The number of aliphatic hydroxyl groups excluding tert-OH is 1. The van der Waals surface area contributed by atoms with Crippen molar-refractivity contribution in [1.82, 2.24) is 0 Å². The zero-order valence-corrected chi connectivity index (χ0v) is 22.6. The molecule has 0 heterocycles. The third kappa shape index (κ3) is 25.5. The van der Waals surface area contributed by atoms with Crippen molar-refractivity contribution >= 4 is 11.9 Å². The summed E-state index contributed by atoms with van der Waals surface area (Å²) in [6.45, 7) is 4.20. The minimum absolute atomic E-state index is 0.110. The number of hydrogen-bond acceptors (Lipinski definition) is 5. The van der Waals surface area contributed by atoms with Crippen molar-refractivity contribution in [2.75, 3.05) is 13.2 Å². The van der Waals surface area contributed by atoms with Crippen LogP contribution >= 0.6 is 0 Å². The van der Waals surface area contributed by atoms with E-state index in [0.29, 0.717) is 12.8 Å². The van der Waals surface area contributed by atoms with Gasteiger partial charge in [0.1, 0.15) is 19.3 Å². The fourth-order valence-electron chi connectivity index (χ4n) is 4.08. The summed E-state index contributed by atoms with van der Waals surface area (Å²) in [7, 11) is 0. The highest BCUT2D eigenvalue weighted by Crippen LogP contribution is 2.14. The second-order valence-electron chi connectivity index (χ2n) is 9.88. The predicted octanol–water partition coefficient (Wildman–Crippen LogP) is 8.06. The summed E-state index contributed by atoms with van der Waals surface area (Å²) in [6, 6.07) is 0. The van der Waals surface area contributed by atoms with Crippen LogP contribution in [0.25, 0.3) is 0 Å². The van der Waals surface area contributed by atoms with Crippen LogP contribution < -0.4 is 0 Å². The lowest BCUT2D eigenvalue weighted by Crippen LogP contribution is -2.25. The highest BCUT2D eigenvalue weighted by Gasteiger charge is 2.12. The number of esters is 2. The average Bonchev–Trinajstić information content (AvgIpc) is 2.83. The van der Waals surface area contributed by atoms with Gasteiger partial charge in [0.15, 0.2) is 0 Å². The van der Waals surface area contributed by atoms with Crippen molar-refractivity contribution in [3.63, 3.8) is 0 Å². The summed E-state index contributed by atoms with van der Waals surface area (Å²) in [5.74, 6) is -0.573. The quantitative estimate of drug-likeness (QED) is 0.0992. The van der Waals surface area contributed by atoms with Crippen molar-refractivity contribution in [3.8, 4) is 0 Å². The zero-order valence-electron chi connectivity index (χ0n) is 22.6. The van der Waals surface area contributed by atoms with Gasteiger partial charge in [-0.05, 0) is 12.8 Å². The van der Waals surface area contributed by atoms with Crippen LogP contribution in [0.4, 0.5) is 0 Å². The van der Waals surface area contributed by atoms with Crippen molar-refractivity contribution in [2.45, 2.75) is 161 Å². The third-order valence-electron chi connectivity index (χ3n) is 6.34. The largest absolute Gasteiger partial charge is 0.463 e. The van der Waals surface area contributed by atoms with E-state index in [2.05, 4.69) is 13.8 Å². The highest BCUT2D eigenvalue weighted by atomic mass is 16.6. The number of carbonyl (C=O) groups is 2. The van der Waals surface area contributed by atoms with Crippen LogP contribution in [0.15, 0.2) is 0 Å². The molecule has 34 heavy (non-hydrogen) atoms. The van der Waals surface area contributed by atoms with Gasteiger partial charge in [0, 0.05) is 12.8 Å². The number of aliphatic hydroxyl groups is 1. The lowest BCUT2D eigenvalue weighted by molar-refractivity contribution is -0.152. The highest BCUT2D eigenvalue weighted by molar-refractivity contribution is 5.69. The van der Waals surface area contributed by atoms with E-state index < -0.39 is 6.10 Å². The van der Waals surface area contributed by atoms with Crippen LogP contribution in [-0.4, -0.2) is 36.4 Å². The predicted molar refractivity (Wildman–Crippen MR) is 141 cm³/mol. The first-order valence-corrected chi connectivity index (χ1v) is 14.6. The Kier molecular flexibility index (Phi) is 25.6.